The average Bonchev–Trinajstić information content (AvgIpc) is 3.13. The first kappa shape index (κ1) is 22.8. The lowest BCUT2D eigenvalue weighted by atomic mass is 9.96. The molecule has 0 spiro atoms. The smallest absolute Gasteiger partial charge is 0.341 e. The van der Waals surface area contributed by atoms with E-state index in [0.29, 0.717) is 21.6 Å². The van der Waals surface area contributed by atoms with Crippen molar-refractivity contribution in [1.29, 1.82) is 0 Å². The Balaban J connectivity index is 1.49. The number of carbonyl (C=O) groups excluding carboxylic acids is 3. The van der Waals surface area contributed by atoms with Crippen LogP contribution in [-0.4, -0.2) is 41.0 Å². The summed E-state index contributed by atoms with van der Waals surface area (Å²) in [6.07, 6.45) is 9.01. The zero-order valence-electron chi connectivity index (χ0n) is 18.4. The maximum atomic E-state index is 12.7. The summed E-state index contributed by atoms with van der Waals surface area (Å²) in [6, 6.07) is 5.00. The Labute approximate surface area is 195 Å². The van der Waals surface area contributed by atoms with Crippen molar-refractivity contribution in [3.63, 3.8) is 0 Å². The second kappa shape index (κ2) is 10.5. The van der Waals surface area contributed by atoms with Gasteiger partial charge in [0.05, 0.1) is 23.3 Å². The van der Waals surface area contributed by atoms with Gasteiger partial charge in [0.15, 0.2) is 6.61 Å². The first-order valence-electron chi connectivity index (χ1n) is 11.1. The predicted molar refractivity (Wildman–Crippen MR) is 125 cm³/mol. The largest absolute Gasteiger partial charge is 0.462 e. The Hall–Kier alpha value is -3.33. The fourth-order valence-electron chi connectivity index (χ4n) is 3.96. The molecule has 1 aliphatic carbocycles. The first-order chi connectivity index (χ1) is 16.1. The van der Waals surface area contributed by atoms with E-state index in [-0.39, 0.29) is 12.2 Å². The van der Waals surface area contributed by atoms with Crippen molar-refractivity contribution >= 4 is 45.2 Å². The number of fused-ring (bicyclic) bond motifs is 2. The van der Waals surface area contributed by atoms with Crippen molar-refractivity contribution in [3.05, 3.63) is 52.2 Å². The summed E-state index contributed by atoms with van der Waals surface area (Å²) in [4.78, 5) is 47.4. The SMILES string of the molecule is CCOC(=O)c1c(NC(=O)COC(=O)c2cccc3nccnc23)sc2c1CCCCCC2. The van der Waals surface area contributed by atoms with Crippen molar-refractivity contribution in [1.82, 2.24) is 9.97 Å². The Morgan fingerprint density at radius 3 is 2.61 bits per heavy atom. The number of rotatable bonds is 6. The van der Waals surface area contributed by atoms with Crippen LogP contribution in [0.4, 0.5) is 5.00 Å². The molecule has 1 amide bonds. The van der Waals surface area contributed by atoms with Crippen molar-refractivity contribution in [2.45, 2.75) is 45.4 Å². The van der Waals surface area contributed by atoms with Crippen LogP contribution in [0.2, 0.25) is 0 Å². The lowest BCUT2D eigenvalue weighted by molar-refractivity contribution is -0.119. The van der Waals surface area contributed by atoms with Crippen molar-refractivity contribution in [2.75, 3.05) is 18.5 Å². The van der Waals surface area contributed by atoms with Crippen LogP contribution >= 0.6 is 11.3 Å². The van der Waals surface area contributed by atoms with Gasteiger partial charge in [-0.3, -0.25) is 14.8 Å². The summed E-state index contributed by atoms with van der Waals surface area (Å²) in [5, 5.41) is 3.22. The first-order valence-corrected chi connectivity index (χ1v) is 11.9. The number of aromatic nitrogens is 2. The number of nitrogens with zero attached hydrogens (tertiary/aromatic N) is 2. The summed E-state index contributed by atoms with van der Waals surface area (Å²) >= 11 is 1.41. The number of benzene rings is 1. The number of anilines is 1. The van der Waals surface area contributed by atoms with E-state index in [1.807, 2.05) is 0 Å². The van der Waals surface area contributed by atoms with Crippen LogP contribution in [0.1, 0.15) is 63.8 Å². The highest BCUT2D eigenvalue weighted by Crippen LogP contribution is 2.37. The van der Waals surface area contributed by atoms with Gasteiger partial charge in [-0.2, -0.15) is 0 Å². The highest BCUT2D eigenvalue weighted by atomic mass is 32.1. The molecule has 0 saturated carbocycles. The van der Waals surface area contributed by atoms with E-state index in [1.54, 1.807) is 25.1 Å². The summed E-state index contributed by atoms with van der Waals surface area (Å²) in [6.45, 7) is 1.52. The van der Waals surface area contributed by atoms with Crippen LogP contribution < -0.4 is 5.32 Å². The summed E-state index contributed by atoms with van der Waals surface area (Å²) < 4.78 is 10.5. The maximum Gasteiger partial charge on any atom is 0.341 e. The van der Waals surface area contributed by atoms with Crippen LogP contribution in [-0.2, 0) is 27.1 Å². The quantitative estimate of drug-likeness (QED) is 0.538. The van der Waals surface area contributed by atoms with E-state index in [4.69, 9.17) is 9.47 Å². The molecule has 172 valence electrons. The molecular formula is C24H25N3O5S. The molecule has 0 unspecified atom stereocenters. The molecule has 3 aromatic rings. The number of ether oxygens (including phenoxy) is 2. The molecule has 1 aliphatic rings. The van der Waals surface area contributed by atoms with Gasteiger partial charge in [0.25, 0.3) is 5.91 Å². The van der Waals surface area contributed by atoms with E-state index in [1.165, 1.54) is 23.7 Å². The van der Waals surface area contributed by atoms with E-state index < -0.39 is 24.5 Å². The fourth-order valence-corrected chi connectivity index (χ4v) is 5.25. The molecule has 0 saturated heterocycles. The minimum absolute atomic E-state index is 0.236. The minimum Gasteiger partial charge on any atom is -0.462 e. The Bertz CT molecular complexity index is 1180. The third-order valence-corrected chi connectivity index (χ3v) is 6.66. The summed E-state index contributed by atoms with van der Waals surface area (Å²) in [5.41, 5.74) is 2.61. The standard InChI is InChI=1S/C24H25N3O5S/c1-2-31-24(30)20-15-8-5-3-4-6-11-18(15)33-22(20)27-19(28)14-32-23(29)16-9-7-10-17-21(16)26-13-12-25-17/h7,9-10,12-13H,2-6,8,11,14H2,1H3,(H,27,28). The van der Waals surface area contributed by atoms with Gasteiger partial charge < -0.3 is 14.8 Å². The number of amides is 1. The van der Waals surface area contributed by atoms with Gasteiger partial charge in [0.2, 0.25) is 0 Å². The third kappa shape index (κ3) is 5.19. The van der Waals surface area contributed by atoms with Gasteiger partial charge >= 0.3 is 11.9 Å². The minimum atomic E-state index is -0.666. The fraction of sp³-hybridized carbons (Fsp3) is 0.375. The number of esters is 2. The number of hydrogen-bond acceptors (Lipinski definition) is 8. The molecule has 9 heteroatoms. The van der Waals surface area contributed by atoms with Gasteiger partial charge in [-0.15, -0.1) is 11.3 Å². The Morgan fingerprint density at radius 2 is 1.79 bits per heavy atom. The van der Waals surface area contributed by atoms with Gasteiger partial charge in [-0.25, -0.2) is 9.59 Å². The Morgan fingerprint density at radius 1 is 1.00 bits per heavy atom. The molecule has 8 nitrogen and oxygen atoms in total. The van der Waals surface area contributed by atoms with E-state index in [0.717, 1.165) is 49.0 Å². The van der Waals surface area contributed by atoms with Gasteiger partial charge in [0.1, 0.15) is 10.5 Å². The topological polar surface area (TPSA) is 107 Å². The number of carbonyl (C=O) groups is 3. The Kier molecular flexibility index (Phi) is 7.29. The van der Waals surface area contributed by atoms with Crippen LogP contribution in [0.15, 0.2) is 30.6 Å². The number of para-hydroxylation sites is 1. The van der Waals surface area contributed by atoms with Crippen LogP contribution in [0.5, 0.6) is 0 Å². The normalized spacial score (nSPS) is 13.5. The van der Waals surface area contributed by atoms with E-state index >= 15 is 0 Å². The van der Waals surface area contributed by atoms with Crippen LogP contribution in [0, 0.1) is 0 Å². The molecule has 2 heterocycles. The third-order valence-electron chi connectivity index (χ3n) is 5.46. The molecule has 1 N–H and O–H groups in total. The van der Waals surface area contributed by atoms with E-state index in [9.17, 15) is 14.4 Å². The molecule has 1 aromatic carbocycles. The van der Waals surface area contributed by atoms with Crippen molar-refractivity contribution in [3.8, 4) is 0 Å². The zero-order valence-corrected chi connectivity index (χ0v) is 19.2. The second-order valence-electron chi connectivity index (χ2n) is 7.70. The highest BCUT2D eigenvalue weighted by molar-refractivity contribution is 7.17. The van der Waals surface area contributed by atoms with Gasteiger partial charge in [0, 0.05) is 17.3 Å². The summed E-state index contributed by atoms with van der Waals surface area (Å²) in [5.74, 6) is -1.62. The molecule has 0 aliphatic heterocycles. The molecule has 0 atom stereocenters. The molecule has 0 bridgehead atoms. The lowest BCUT2D eigenvalue weighted by Crippen LogP contribution is -2.22. The second-order valence-corrected chi connectivity index (χ2v) is 8.80. The van der Waals surface area contributed by atoms with Gasteiger partial charge in [-0.1, -0.05) is 18.9 Å². The zero-order chi connectivity index (χ0) is 23.2. The summed E-state index contributed by atoms with van der Waals surface area (Å²) in [7, 11) is 0. The van der Waals surface area contributed by atoms with Gasteiger partial charge in [-0.05, 0) is 50.3 Å². The number of aryl methyl sites for hydroxylation is 1. The molecule has 33 heavy (non-hydrogen) atoms. The average molecular weight is 468 g/mol. The van der Waals surface area contributed by atoms with Crippen molar-refractivity contribution < 1.29 is 23.9 Å². The monoisotopic (exact) mass is 467 g/mol. The number of nitrogens with one attached hydrogen (secondary N) is 1. The number of hydrogen-bond donors (Lipinski definition) is 1. The van der Waals surface area contributed by atoms with Crippen LogP contribution in [0.3, 0.4) is 0 Å². The maximum absolute atomic E-state index is 12.7. The molecule has 2 aromatic heterocycles. The van der Waals surface area contributed by atoms with Crippen molar-refractivity contribution in [2.24, 2.45) is 0 Å². The predicted octanol–water partition coefficient (Wildman–Crippen LogP) is 4.32. The molecule has 4 rings (SSSR count). The van der Waals surface area contributed by atoms with E-state index in [2.05, 4.69) is 15.3 Å². The molecule has 0 radical (unpaired) electrons. The highest BCUT2D eigenvalue weighted by Gasteiger charge is 2.26. The lowest BCUT2D eigenvalue weighted by Gasteiger charge is -2.11. The van der Waals surface area contributed by atoms with Crippen LogP contribution in [0.25, 0.3) is 11.0 Å². The molecular weight excluding hydrogens is 442 g/mol. The molecule has 0 fully saturated rings. The number of thiophene rings is 1.